The third kappa shape index (κ3) is 4.95. The molecule has 0 spiro atoms. The van der Waals surface area contributed by atoms with Gasteiger partial charge in [-0.05, 0) is 37.6 Å². The van der Waals surface area contributed by atoms with Crippen molar-refractivity contribution in [1.29, 1.82) is 0 Å². The number of methoxy groups -OCH3 is 1. The quantitative estimate of drug-likeness (QED) is 0.809. The molecule has 1 atom stereocenters. The van der Waals surface area contributed by atoms with Crippen LogP contribution in [0, 0.1) is 6.92 Å². The van der Waals surface area contributed by atoms with E-state index in [1.165, 1.54) is 0 Å². The van der Waals surface area contributed by atoms with Gasteiger partial charge in [0.15, 0.2) is 9.84 Å². The summed E-state index contributed by atoms with van der Waals surface area (Å²) in [6.45, 7) is 5.23. The summed E-state index contributed by atoms with van der Waals surface area (Å²) in [6.07, 6.45) is 0.977. The molecule has 0 saturated carbocycles. The topological polar surface area (TPSA) is 75.7 Å². The Morgan fingerprint density at radius 2 is 2.17 bits per heavy atom. The standard InChI is InChI=1S/C17H26N2O4S/c1-4-19(14-8-10-24(21,22)12-14)9-7-17(20)18-15-11-13(2)5-6-16(15)23-3/h5-6,11,14H,4,7-10,12H2,1-3H3,(H,18,20). The molecule has 0 aliphatic carbocycles. The van der Waals surface area contributed by atoms with Crippen molar-refractivity contribution in [3.8, 4) is 5.75 Å². The van der Waals surface area contributed by atoms with Crippen molar-refractivity contribution in [2.75, 3.05) is 37.0 Å². The number of rotatable bonds is 7. The Bertz CT molecular complexity index is 688. The molecule has 6 nitrogen and oxygen atoms in total. The largest absolute Gasteiger partial charge is 0.495 e. The van der Waals surface area contributed by atoms with Crippen LogP contribution in [0.1, 0.15) is 25.3 Å². The third-order valence-corrected chi connectivity index (χ3v) is 6.14. The molecule has 1 amide bonds. The van der Waals surface area contributed by atoms with E-state index in [1.807, 2.05) is 32.0 Å². The fraction of sp³-hybridized carbons (Fsp3) is 0.588. The number of nitrogens with zero attached hydrogens (tertiary/aromatic N) is 1. The number of anilines is 1. The summed E-state index contributed by atoms with van der Waals surface area (Å²) in [7, 11) is -1.34. The van der Waals surface area contributed by atoms with Gasteiger partial charge in [-0.1, -0.05) is 13.0 Å². The van der Waals surface area contributed by atoms with Crippen LogP contribution in [0.4, 0.5) is 5.69 Å². The zero-order valence-corrected chi connectivity index (χ0v) is 15.4. The highest BCUT2D eigenvalue weighted by atomic mass is 32.2. The van der Waals surface area contributed by atoms with Crippen LogP contribution in [0.5, 0.6) is 5.75 Å². The first-order valence-corrected chi connectivity index (χ1v) is 10.1. The van der Waals surface area contributed by atoms with Crippen LogP contribution in [0.2, 0.25) is 0 Å². The van der Waals surface area contributed by atoms with Crippen LogP contribution < -0.4 is 10.1 Å². The minimum Gasteiger partial charge on any atom is -0.495 e. The van der Waals surface area contributed by atoms with Gasteiger partial charge < -0.3 is 10.1 Å². The number of sulfone groups is 1. The molecule has 1 aliphatic heterocycles. The molecule has 7 heteroatoms. The van der Waals surface area contributed by atoms with Crippen molar-refractivity contribution < 1.29 is 17.9 Å². The molecule has 2 rings (SSSR count). The number of ether oxygens (including phenoxy) is 1. The van der Waals surface area contributed by atoms with Gasteiger partial charge in [0.05, 0.1) is 24.3 Å². The monoisotopic (exact) mass is 354 g/mol. The summed E-state index contributed by atoms with van der Waals surface area (Å²) in [4.78, 5) is 14.3. The lowest BCUT2D eigenvalue weighted by atomic mass is 10.2. The van der Waals surface area contributed by atoms with Crippen molar-refractivity contribution in [2.24, 2.45) is 0 Å². The predicted molar refractivity (Wildman–Crippen MR) is 95.3 cm³/mol. The van der Waals surface area contributed by atoms with Crippen molar-refractivity contribution in [3.63, 3.8) is 0 Å². The first-order chi connectivity index (χ1) is 11.3. The molecule has 134 valence electrons. The first-order valence-electron chi connectivity index (χ1n) is 8.23. The molecule has 1 unspecified atom stereocenters. The number of hydrogen-bond acceptors (Lipinski definition) is 5. The maximum atomic E-state index is 12.2. The summed E-state index contributed by atoms with van der Waals surface area (Å²) in [5, 5.41) is 2.88. The number of carbonyl (C=O) groups excluding carboxylic acids is 1. The van der Waals surface area contributed by atoms with Gasteiger partial charge in [0, 0.05) is 19.0 Å². The summed E-state index contributed by atoms with van der Waals surface area (Å²) in [6, 6.07) is 5.65. The summed E-state index contributed by atoms with van der Waals surface area (Å²) in [5.74, 6) is 0.982. The summed E-state index contributed by atoms with van der Waals surface area (Å²) < 4.78 is 28.5. The van der Waals surface area contributed by atoms with Crippen LogP contribution in [-0.2, 0) is 14.6 Å². The maximum Gasteiger partial charge on any atom is 0.225 e. The highest BCUT2D eigenvalue weighted by molar-refractivity contribution is 7.91. The SMILES string of the molecule is CCN(CCC(=O)Nc1cc(C)ccc1OC)C1CCS(=O)(=O)C1. The second kappa shape index (κ2) is 7.98. The molecule has 0 bridgehead atoms. The van der Waals surface area contributed by atoms with Gasteiger partial charge in [0.1, 0.15) is 5.75 Å². The Morgan fingerprint density at radius 3 is 2.75 bits per heavy atom. The molecule has 24 heavy (non-hydrogen) atoms. The summed E-state index contributed by atoms with van der Waals surface area (Å²) in [5.41, 5.74) is 1.70. The zero-order valence-electron chi connectivity index (χ0n) is 14.5. The van der Waals surface area contributed by atoms with Gasteiger partial charge >= 0.3 is 0 Å². The van der Waals surface area contributed by atoms with E-state index >= 15 is 0 Å². The van der Waals surface area contributed by atoms with Gasteiger partial charge in [-0.2, -0.15) is 0 Å². The van der Waals surface area contributed by atoms with Crippen molar-refractivity contribution in [1.82, 2.24) is 4.90 Å². The lowest BCUT2D eigenvalue weighted by Crippen LogP contribution is -2.38. The molecule has 1 N–H and O–H groups in total. The fourth-order valence-corrected chi connectivity index (χ4v) is 4.80. The van der Waals surface area contributed by atoms with Crippen LogP contribution in [0.25, 0.3) is 0 Å². The number of hydrogen-bond donors (Lipinski definition) is 1. The molecule has 1 saturated heterocycles. The third-order valence-electron chi connectivity index (χ3n) is 4.39. The second-order valence-electron chi connectivity index (χ2n) is 6.19. The number of carbonyl (C=O) groups is 1. The van der Waals surface area contributed by atoms with E-state index in [9.17, 15) is 13.2 Å². The molecule has 0 radical (unpaired) electrons. The lowest BCUT2D eigenvalue weighted by Gasteiger charge is -2.26. The van der Waals surface area contributed by atoms with E-state index < -0.39 is 9.84 Å². The highest BCUT2D eigenvalue weighted by Gasteiger charge is 2.31. The lowest BCUT2D eigenvalue weighted by molar-refractivity contribution is -0.116. The maximum absolute atomic E-state index is 12.2. The Hall–Kier alpha value is -1.60. The smallest absolute Gasteiger partial charge is 0.225 e. The number of amides is 1. The van der Waals surface area contributed by atoms with E-state index in [4.69, 9.17) is 4.74 Å². The number of nitrogens with one attached hydrogen (secondary N) is 1. The van der Waals surface area contributed by atoms with Gasteiger partial charge in [-0.15, -0.1) is 0 Å². The van der Waals surface area contributed by atoms with Crippen LogP contribution in [-0.4, -0.2) is 57.0 Å². The zero-order chi connectivity index (χ0) is 17.7. The number of benzene rings is 1. The van der Waals surface area contributed by atoms with E-state index in [1.54, 1.807) is 7.11 Å². The van der Waals surface area contributed by atoms with E-state index in [0.717, 1.165) is 12.1 Å². The normalized spacial score (nSPS) is 19.4. The van der Waals surface area contributed by atoms with Gasteiger partial charge in [0.2, 0.25) is 5.91 Å². The van der Waals surface area contributed by atoms with Crippen LogP contribution >= 0.6 is 0 Å². The number of aryl methyl sites for hydroxylation is 1. The second-order valence-corrected chi connectivity index (χ2v) is 8.42. The van der Waals surface area contributed by atoms with Gasteiger partial charge in [-0.3, -0.25) is 9.69 Å². The minimum absolute atomic E-state index is 0.0290. The summed E-state index contributed by atoms with van der Waals surface area (Å²) >= 11 is 0. The van der Waals surface area contributed by atoms with Crippen molar-refractivity contribution in [3.05, 3.63) is 23.8 Å². The molecule has 1 aromatic carbocycles. The first kappa shape index (κ1) is 18.7. The molecular formula is C17H26N2O4S. The molecule has 0 aromatic heterocycles. The Labute approximate surface area is 144 Å². The Balaban J connectivity index is 1.91. The fourth-order valence-electron chi connectivity index (χ4n) is 3.04. The molecular weight excluding hydrogens is 328 g/mol. The minimum atomic E-state index is -2.91. The van der Waals surface area contributed by atoms with Gasteiger partial charge in [-0.25, -0.2) is 8.42 Å². The van der Waals surface area contributed by atoms with Crippen molar-refractivity contribution >= 4 is 21.4 Å². The van der Waals surface area contributed by atoms with Crippen LogP contribution in [0.3, 0.4) is 0 Å². The van der Waals surface area contributed by atoms with Crippen molar-refractivity contribution in [2.45, 2.75) is 32.7 Å². The molecule has 1 heterocycles. The van der Waals surface area contributed by atoms with Crippen LogP contribution in [0.15, 0.2) is 18.2 Å². The average Bonchev–Trinajstić information content (AvgIpc) is 2.88. The Kier molecular flexibility index (Phi) is 6.23. The molecule has 1 aromatic rings. The van der Waals surface area contributed by atoms with E-state index in [0.29, 0.717) is 30.8 Å². The predicted octanol–water partition coefficient (Wildman–Crippen LogP) is 1.84. The average molecular weight is 354 g/mol. The highest BCUT2D eigenvalue weighted by Crippen LogP contribution is 2.25. The molecule has 1 aliphatic rings. The molecule has 1 fully saturated rings. The van der Waals surface area contributed by atoms with Gasteiger partial charge in [0.25, 0.3) is 0 Å². The van der Waals surface area contributed by atoms with E-state index in [-0.39, 0.29) is 23.5 Å². The van der Waals surface area contributed by atoms with E-state index in [2.05, 4.69) is 10.2 Å². The Morgan fingerprint density at radius 1 is 1.42 bits per heavy atom.